The fraction of sp³-hybridized carbons (Fsp3) is 1.00. The zero-order valence-electron chi connectivity index (χ0n) is 11.5. The molecule has 1 nitrogen and oxygen atoms in total. The standard InChI is InChI=1S/C14H30O/c1-10(2)13(6)9-12(5)7-8-14(15)11(3)4/h10-15H,7-9H2,1-6H3. The van der Waals surface area contributed by atoms with E-state index in [2.05, 4.69) is 41.5 Å². The van der Waals surface area contributed by atoms with Gasteiger partial charge in [0.25, 0.3) is 0 Å². The summed E-state index contributed by atoms with van der Waals surface area (Å²) in [4.78, 5) is 0. The average Bonchev–Trinajstić information content (AvgIpc) is 2.13. The van der Waals surface area contributed by atoms with Crippen molar-refractivity contribution in [2.75, 3.05) is 0 Å². The van der Waals surface area contributed by atoms with E-state index in [1.165, 1.54) is 6.42 Å². The van der Waals surface area contributed by atoms with Gasteiger partial charge in [-0.25, -0.2) is 0 Å². The minimum Gasteiger partial charge on any atom is -0.393 e. The van der Waals surface area contributed by atoms with Gasteiger partial charge in [0.05, 0.1) is 6.10 Å². The molecule has 15 heavy (non-hydrogen) atoms. The molecule has 3 unspecified atom stereocenters. The predicted octanol–water partition coefficient (Wildman–Crippen LogP) is 4.10. The maximum atomic E-state index is 9.72. The van der Waals surface area contributed by atoms with Gasteiger partial charge in [-0.2, -0.15) is 0 Å². The van der Waals surface area contributed by atoms with Gasteiger partial charge < -0.3 is 5.11 Å². The number of aliphatic hydroxyl groups is 1. The van der Waals surface area contributed by atoms with E-state index >= 15 is 0 Å². The van der Waals surface area contributed by atoms with Crippen molar-refractivity contribution in [2.45, 2.75) is 66.9 Å². The van der Waals surface area contributed by atoms with Crippen molar-refractivity contribution >= 4 is 0 Å². The first-order chi connectivity index (χ1) is 6.84. The first-order valence-corrected chi connectivity index (χ1v) is 6.52. The molecule has 0 aromatic carbocycles. The lowest BCUT2D eigenvalue weighted by atomic mass is 9.85. The van der Waals surface area contributed by atoms with E-state index in [0.29, 0.717) is 5.92 Å². The molecule has 92 valence electrons. The molecule has 0 spiro atoms. The Balaban J connectivity index is 3.70. The number of rotatable bonds is 7. The van der Waals surface area contributed by atoms with Crippen LogP contribution in [0.15, 0.2) is 0 Å². The van der Waals surface area contributed by atoms with Gasteiger partial charge in [0.1, 0.15) is 0 Å². The van der Waals surface area contributed by atoms with Gasteiger partial charge in [0.2, 0.25) is 0 Å². The Morgan fingerprint density at radius 2 is 1.33 bits per heavy atom. The summed E-state index contributed by atoms with van der Waals surface area (Å²) in [5.74, 6) is 2.73. The van der Waals surface area contributed by atoms with Crippen LogP contribution >= 0.6 is 0 Å². The molecular formula is C14H30O. The van der Waals surface area contributed by atoms with Gasteiger partial charge in [-0.05, 0) is 42.9 Å². The summed E-state index contributed by atoms with van der Waals surface area (Å²) in [6, 6.07) is 0. The van der Waals surface area contributed by atoms with E-state index in [0.717, 1.165) is 30.6 Å². The van der Waals surface area contributed by atoms with E-state index in [-0.39, 0.29) is 6.10 Å². The summed E-state index contributed by atoms with van der Waals surface area (Å²) in [6.07, 6.45) is 3.31. The van der Waals surface area contributed by atoms with E-state index in [1.54, 1.807) is 0 Å². The highest BCUT2D eigenvalue weighted by molar-refractivity contribution is 4.66. The van der Waals surface area contributed by atoms with Crippen LogP contribution in [0.3, 0.4) is 0 Å². The highest BCUT2D eigenvalue weighted by Gasteiger charge is 2.15. The molecule has 0 bridgehead atoms. The topological polar surface area (TPSA) is 20.2 Å². The van der Waals surface area contributed by atoms with Crippen molar-refractivity contribution in [1.82, 2.24) is 0 Å². The fourth-order valence-electron chi connectivity index (χ4n) is 1.81. The van der Waals surface area contributed by atoms with Crippen LogP contribution in [0.1, 0.15) is 60.8 Å². The summed E-state index contributed by atoms with van der Waals surface area (Å²) < 4.78 is 0. The largest absolute Gasteiger partial charge is 0.393 e. The summed E-state index contributed by atoms with van der Waals surface area (Å²) in [7, 11) is 0. The smallest absolute Gasteiger partial charge is 0.0563 e. The fourth-order valence-corrected chi connectivity index (χ4v) is 1.81. The van der Waals surface area contributed by atoms with E-state index in [1.807, 2.05) is 0 Å². The van der Waals surface area contributed by atoms with Crippen LogP contribution in [0.2, 0.25) is 0 Å². The molecule has 0 aromatic rings. The molecule has 0 amide bonds. The molecule has 0 rings (SSSR count). The Morgan fingerprint density at radius 1 is 0.800 bits per heavy atom. The molecule has 0 saturated carbocycles. The average molecular weight is 214 g/mol. The van der Waals surface area contributed by atoms with E-state index < -0.39 is 0 Å². The molecule has 0 heterocycles. The highest BCUT2D eigenvalue weighted by atomic mass is 16.3. The van der Waals surface area contributed by atoms with Crippen LogP contribution in [0.25, 0.3) is 0 Å². The SMILES string of the molecule is CC(CCC(O)C(C)C)CC(C)C(C)C. The lowest BCUT2D eigenvalue weighted by Gasteiger charge is -2.22. The minimum atomic E-state index is -0.109. The van der Waals surface area contributed by atoms with Gasteiger partial charge in [-0.1, -0.05) is 41.5 Å². The van der Waals surface area contributed by atoms with Crippen molar-refractivity contribution in [3.63, 3.8) is 0 Å². The monoisotopic (exact) mass is 214 g/mol. The van der Waals surface area contributed by atoms with Crippen LogP contribution in [0.5, 0.6) is 0 Å². The van der Waals surface area contributed by atoms with Gasteiger partial charge in [0.15, 0.2) is 0 Å². The summed E-state index contributed by atoms with van der Waals surface area (Å²) in [5, 5.41) is 9.72. The lowest BCUT2D eigenvalue weighted by molar-refractivity contribution is 0.107. The van der Waals surface area contributed by atoms with Crippen molar-refractivity contribution in [3.8, 4) is 0 Å². The van der Waals surface area contributed by atoms with Crippen molar-refractivity contribution in [2.24, 2.45) is 23.7 Å². The van der Waals surface area contributed by atoms with Crippen LogP contribution < -0.4 is 0 Å². The zero-order valence-corrected chi connectivity index (χ0v) is 11.5. The molecule has 1 heteroatoms. The maximum absolute atomic E-state index is 9.72. The second-order valence-electron chi connectivity index (χ2n) is 5.95. The first kappa shape index (κ1) is 15.0. The van der Waals surface area contributed by atoms with Crippen LogP contribution in [0.4, 0.5) is 0 Å². The Hall–Kier alpha value is -0.0400. The van der Waals surface area contributed by atoms with Crippen LogP contribution in [-0.2, 0) is 0 Å². The molecular weight excluding hydrogens is 184 g/mol. The summed E-state index contributed by atoms with van der Waals surface area (Å²) in [6.45, 7) is 13.4. The number of aliphatic hydroxyl groups excluding tert-OH is 1. The quantitative estimate of drug-likeness (QED) is 0.676. The number of hydrogen-bond acceptors (Lipinski definition) is 1. The lowest BCUT2D eigenvalue weighted by Crippen LogP contribution is -2.17. The molecule has 0 saturated heterocycles. The molecule has 0 fully saturated rings. The summed E-state index contributed by atoms with van der Waals surface area (Å²) in [5.41, 5.74) is 0. The molecule has 3 atom stereocenters. The molecule has 0 aromatic heterocycles. The molecule has 0 radical (unpaired) electrons. The molecule has 0 aliphatic rings. The second kappa shape index (κ2) is 7.27. The number of hydrogen-bond donors (Lipinski definition) is 1. The van der Waals surface area contributed by atoms with Crippen molar-refractivity contribution in [3.05, 3.63) is 0 Å². The Labute approximate surface area is 96.3 Å². The first-order valence-electron chi connectivity index (χ1n) is 6.52. The molecule has 0 aliphatic heterocycles. The van der Waals surface area contributed by atoms with Crippen molar-refractivity contribution < 1.29 is 5.11 Å². The summed E-state index contributed by atoms with van der Waals surface area (Å²) >= 11 is 0. The maximum Gasteiger partial charge on any atom is 0.0563 e. The third kappa shape index (κ3) is 6.94. The highest BCUT2D eigenvalue weighted by Crippen LogP contribution is 2.23. The Kier molecular flexibility index (Phi) is 7.25. The van der Waals surface area contributed by atoms with E-state index in [9.17, 15) is 5.11 Å². The van der Waals surface area contributed by atoms with Crippen LogP contribution in [0, 0.1) is 23.7 Å². The molecule has 1 N–H and O–H groups in total. The third-order valence-electron chi connectivity index (χ3n) is 3.64. The second-order valence-corrected chi connectivity index (χ2v) is 5.95. The third-order valence-corrected chi connectivity index (χ3v) is 3.64. The van der Waals surface area contributed by atoms with Crippen LogP contribution in [-0.4, -0.2) is 11.2 Å². The van der Waals surface area contributed by atoms with Gasteiger partial charge in [0, 0.05) is 0 Å². The zero-order chi connectivity index (χ0) is 12.0. The van der Waals surface area contributed by atoms with Crippen molar-refractivity contribution in [1.29, 1.82) is 0 Å². The Bertz CT molecular complexity index is 151. The normalized spacial score (nSPS) is 18.2. The van der Waals surface area contributed by atoms with Gasteiger partial charge in [-0.15, -0.1) is 0 Å². The van der Waals surface area contributed by atoms with Gasteiger partial charge in [-0.3, -0.25) is 0 Å². The predicted molar refractivity (Wildman–Crippen MR) is 67.9 cm³/mol. The van der Waals surface area contributed by atoms with E-state index in [4.69, 9.17) is 0 Å². The Morgan fingerprint density at radius 3 is 1.73 bits per heavy atom. The molecule has 0 aliphatic carbocycles. The minimum absolute atomic E-state index is 0.109. The van der Waals surface area contributed by atoms with Gasteiger partial charge >= 0.3 is 0 Å².